The molecule has 0 spiro atoms. The molecule has 0 aromatic carbocycles. The molecule has 0 amide bonds. The molecule has 0 saturated heterocycles. The lowest BCUT2D eigenvalue weighted by atomic mass is 9.57. The van der Waals surface area contributed by atoms with E-state index in [1.54, 1.807) is 12.2 Å². The van der Waals surface area contributed by atoms with Gasteiger partial charge in [0.1, 0.15) is 0 Å². The summed E-state index contributed by atoms with van der Waals surface area (Å²) in [4.78, 5) is 25.1. The molecule has 0 aliphatic heterocycles. The SMILES string of the molecule is C=CC[C@]1([C@@H]2C(=O)C(C)=CC[C@H]2C)CCC=CC1=O. The zero-order valence-electron chi connectivity index (χ0n) is 11.8. The van der Waals surface area contributed by atoms with E-state index in [0.717, 1.165) is 24.8 Å². The average Bonchev–Trinajstić information content (AvgIpc) is 2.38. The minimum atomic E-state index is -0.553. The van der Waals surface area contributed by atoms with E-state index in [9.17, 15) is 9.59 Å². The summed E-state index contributed by atoms with van der Waals surface area (Å²) in [5, 5.41) is 0. The van der Waals surface area contributed by atoms with E-state index in [1.807, 2.05) is 19.1 Å². The molecule has 0 fully saturated rings. The molecule has 0 N–H and O–H groups in total. The largest absolute Gasteiger partial charge is 0.294 e. The molecule has 2 nitrogen and oxygen atoms in total. The molecule has 2 heteroatoms. The second-order valence-electron chi connectivity index (χ2n) is 5.90. The molecule has 0 radical (unpaired) electrons. The van der Waals surface area contributed by atoms with E-state index in [2.05, 4.69) is 13.5 Å². The molecule has 0 aromatic heterocycles. The van der Waals surface area contributed by atoms with Gasteiger partial charge in [0.05, 0.1) is 0 Å². The van der Waals surface area contributed by atoms with Gasteiger partial charge in [-0.3, -0.25) is 9.59 Å². The first-order chi connectivity index (χ1) is 9.03. The van der Waals surface area contributed by atoms with Crippen molar-refractivity contribution in [3.63, 3.8) is 0 Å². The van der Waals surface area contributed by atoms with E-state index in [4.69, 9.17) is 0 Å². The molecule has 19 heavy (non-hydrogen) atoms. The van der Waals surface area contributed by atoms with Gasteiger partial charge in [-0.05, 0) is 50.2 Å². The van der Waals surface area contributed by atoms with E-state index >= 15 is 0 Å². The Morgan fingerprint density at radius 2 is 2.21 bits per heavy atom. The van der Waals surface area contributed by atoms with Crippen molar-refractivity contribution in [3.05, 3.63) is 36.5 Å². The number of Topliss-reactive ketones (excluding diaryl/α,β-unsaturated/α-hetero) is 1. The van der Waals surface area contributed by atoms with Crippen LogP contribution in [-0.4, -0.2) is 11.6 Å². The zero-order valence-corrected chi connectivity index (χ0v) is 11.8. The first-order valence-electron chi connectivity index (χ1n) is 7.06. The standard InChI is InChI=1S/C17H22O2/c1-4-10-17(11-6-5-7-14(17)18)15-12(2)8-9-13(3)16(15)19/h4-5,7,9,12,15H,1,6,8,10-11H2,2-3H3/t12-,15+,17+/m1/s1. The predicted molar refractivity (Wildman–Crippen MR) is 76.7 cm³/mol. The second-order valence-corrected chi connectivity index (χ2v) is 5.90. The van der Waals surface area contributed by atoms with Gasteiger partial charge in [-0.25, -0.2) is 0 Å². The Morgan fingerprint density at radius 3 is 2.84 bits per heavy atom. The molecule has 2 aliphatic carbocycles. The van der Waals surface area contributed by atoms with Crippen LogP contribution < -0.4 is 0 Å². The Bertz CT molecular complexity index is 470. The molecule has 0 unspecified atom stereocenters. The first-order valence-corrected chi connectivity index (χ1v) is 7.06. The minimum Gasteiger partial charge on any atom is -0.294 e. The number of ketones is 2. The van der Waals surface area contributed by atoms with Gasteiger partial charge in [-0.15, -0.1) is 6.58 Å². The Labute approximate surface area is 115 Å². The molecular formula is C17H22O2. The van der Waals surface area contributed by atoms with Gasteiger partial charge in [0.25, 0.3) is 0 Å². The molecule has 2 aliphatic rings. The fourth-order valence-corrected chi connectivity index (χ4v) is 3.61. The van der Waals surface area contributed by atoms with Crippen LogP contribution in [0.25, 0.3) is 0 Å². The summed E-state index contributed by atoms with van der Waals surface area (Å²) in [5.74, 6) is 0.308. The van der Waals surface area contributed by atoms with Crippen molar-refractivity contribution >= 4 is 11.6 Å². The van der Waals surface area contributed by atoms with Crippen molar-refractivity contribution in [2.45, 2.75) is 39.5 Å². The first kappa shape index (κ1) is 14.0. The van der Waals surface area contributed by atoms with Crippen LogP contribution in [0.5, 0.6) is 0 Å². The highest BCUT2D eigenvalue weighted by atomic mass is 16.1. The summed E-state index contributed by atoms with van der Waals surface area (Å²) >= 11 is 0. The maximum absolute atomic E-state index is 12.6. The summed E-state index contributed by atoms with van der Waals surface area (Å²) in [6.07, 6.45) is 10.5. The third kappa shape index (κ3) is 2.24. The normalized spacial score (nSPS) is 35.2. The summed E-state index contributed by atoms with van der Waals surface area (Å²) in [6, 6.07) is 0. The molecule has 2 rings (SSSR count). The van der Waals surface area contributed by atoms with Gasteiger partial charge in [0.2, 0.25) is 0 Å². The second kappa shape index (κ2) is 5.28. The van der Waals surface area contributed by atoms with E-state index < -0.39 is 5.41 Å². The number of carbonyl (C=O) groups excluding carboxylic acids is 2. The van der Waals surface area contributed by atoms with Crippen LogP contribution >= 0.6 is 0 Å². The Balaban J connectivity index is 2.47. The molecule has 0 aromatic rings. The highest BCUT2D eigenvalue weighted by molar-refractivity contribution is 6.05. The van der Waals surface area contributed by atoms with Gasteiger partial charge in [-0.1, -0.05) is 25.2 Å². The van der Waals surface area contributed by atoms with Gasteiger partial charge in [0, 0.05) is 11.3 Å². The van der Waals surface area contributed by atoms with E-state index in [-0.39, 0.29) is 23.4 Å². The van der Waals surface area contributed by atoms with Crippen LogP contribution in [0.4, 0.5) is 0 Å². The quantitative estimate of drug-likeness (QED) is 0.724. The monoisotopic (exact) mass is 258 g/mol. The number of hydrogen-bond acceptors (Lipinski definition) is 2. The smallest absolute Gasteiger partial charge is 0.162 e. The minimum absolute atomic E-state index is 0.110. The lowest BCUT2D eigenvalue weighted by molar-refractivity contribution is -0.138. The van der Waals surface area contributed by atoms with Crippen molar-refractivity contribution in [3.8, 4) is 0 Å². The van der Waals surface area contributed by atoms with Crippen LogP contribution in [0.2, 0.25) is 0 Å². The van der Waals surface area contributed by atoms with Crippen LogP contribution in [0, 0.1) is 17.3 Å². The van der Waals surface area contributed by atoms with Gasteiger partial charge >= 0.3 is 0 Å². The molecule has 3 atom stereocenters. The number of rotatable bonds is 3. The lowest BCUT2D eigenvalue weighted by Crippen LogP contribution is -2.47. The average molecular weight is 258 g/mol. The highest BCUT2D eigenvalue weighted by Gasteiger charge is 2.50. The Kier molecular flexibility index (Phi) is 3.88. The third-order valence-corrected chi connectivity index (χ3v) is 4.66. The molecule has 0 bridgehead atoms. The van der Waals surface area contributed by atoms with Crippen molar-refractivity contribution in [1.82, 2.24) is 0 Å². The number of hydrogen-bond donors (Lipinski definition) is 0. The van der Waals surface area contributed by atoms with Gasteiger partial charge in [0.15, 0.2) is 11.6 Å². The Morgan fingerprint density at radius 1 is 1.47 bits per heavy atom. The summed E-state index contributed by atoms with van der Waals surface area (Å²) < 4.78 is 0. The van der Waals surface area contributed by atoms with Crippen LogP contribution in [0.1, 0.15) is 39.5 Å². The maximum atomic E-state index is 12.6. The van der Waals surface area contributed by atoms with Crippen LogP contribution in [0.15, 0.2) is 36.5 Å². The lowest BCUT2D eigenvalue weighted by Gasteiger charge is -2.43. The molecule has 102 valence electrons. The van der Waals surface area contributed by atoms with E-state index in [1.165, 1.54) is 0 Å². The topological polar surface area (TPSA) is 34.1 Å². The van der Waals surface area contributed by atoms with Gasteiger partial charge in [-0.2, -0.15) is 0 Å². The molecule has 0 heterocycles. The van der Waals surface area contributed by atoms with E-state index in [0.29, 0.717) is 6.42 Å². The molecule has 0 saturated carbocycles. The third-order valence-electron chi connectivity index (χ3n) is 4.66. The van der Waals surface area contributed by atoms with Gasteiger partial charge < -0.3 is 0 Å². The summed E-state index contributed by atoms with van der Waals surface area (Å²) in [6.45, 7) is 7.75. The fourth-order valence-electron chi connectivity index (χ4n) is 3.61. The Hall–Kier alpha value is -1.44. The van der Waals surface area contributed by atoms with Crippen molar-refractivity contribution in [2.24, 2.45) is 17.3 Å². The maximum Gasteiger partial charge on any atom is 0.162 e. The van der Waals surface area contributed by atoms with Crippen LogP contribution in [-0.2, 0) is 9.59 Å². The fraction of sp³-hybridized carbons (Fsp3) is 0.529. The van der Waals surface area contributed by atoms with Crippen molar-refractivity contribution in [2.75, 3.05) is 0 Å². The zero-order chi connectivity index (χ0) is 14.0. The van der Waals surface area contributed by atoms with Crippen molar-refractivity contribution < 1.29 is 9.59 Å². The van der Waals surface area contributed by atoms with Crippen LogP contribution in [0.3, 0.4) is 0 Å². The predicted octanol–water partition coefficient (Wildman–Crippen LogP) is 3.64. The highest BCUT2D eigenvalue weighted by Crippen LogP contribution is 2.48. The summed E-state index contributed by atoms with van der Waals surface area (Å²) in [7, 11) is 0. The molecular weight excluding hydrogens is 236 g/mol. The number of carbonyl (C=O) groups is 2. The van der Waals surface area contributed by atoms with Crippen molar-refractivity contribution in [1.29, 1.82) is 0 Å². The summed E-state index contributed by atoms with van der Waals surface area (Å²) in [5.41, 5.74) is 0.261. The number of allylic oxidation sites excluding steroid dienone is 5.